The van der Waals surface area contributed by atoms with Gasteiger partial charge in [0.1, 0.15) is 0 Å². The third-order valence-corrected chi connectivity index (χ3v) is 5.03. The zero-order valence-corrected chi connectivity index (χ0v) is 15.2. The van der Waals surface area contributed by atoms with E-state index in [1.807, 2.05) is 26.8 Å². The Kier molecular flexibility index (Phi) is 7.06. The van der Waals surface area contributed by atoms with Gasteiger partial charge in [0.15, 0.2) is 11.7 Å². The number of hydrogen-bond acceptors (Lipinski definition) is 4. The molecule has 1 unspecified atom stereocenters. The fourth-order valence-electron chi connectivity index (χ4n) is 1.64. The smallest absolute Gasteiger partial charge is 0.191 e. The summed E-state index contributed by atoms with van der Waals surface area (Å²) in [6, 6.07) is 1.94. The monoisotopic (exact) mass is 328 g/mol. The van der Waals surface area contributed by atoms with Crippen molar-refractivity contribution in [2.45, 2.75) is 51.8 Å². The lowest BCUT2D eigenvalue weighted by Gasteiger charge is -2.18. The van der Waals surface area contributed by atoms with E-state index in [-0.39, 0.29) is 4.75 Å². The Morgan fingerprint density at radius 2 is 2.09 bits per heavy atom. The summed E-state index contributed by atoms with van der Waals surface area (Å²) in [6.45, 7) is 11.2. The van der Waals surface area contributed by atoms with E-state index in [2.05, 4.69) is 34.6 Å². The van der Waals surface area contributed by atoms with Gasteiger partial charge in [0, 0.05) is 41.0 Å². The standard InChI is InChI=1S/C15H28N4O2S/c1-11(2)13-9-12(21-19-13)10-18-14(16-6)17-7-8-22(20)15(3,4)5/h9,11H,7-8,10H2,1-6H3,(H2,16,17,18). The Morgan fingerprint density at radius 1 is 1.41 bits per heavy atom. The van der Waals surface area contributed by atoms with Crippen LogP contribution in [0.5, 0.6) is 0 Å². The number of hydrogen-bond donors (Lipinski definition) is 2. The van der Waals surface area contributed by atoms with Crippen LogP contribution >= 0.6 is 0 Å². The number of aromatic nitrogens is 1. The molecule has 0 bridgehead atoms. The number of nitrogens with one attached hydrogen (secondary N) is 2. The molecule has 0 aliphatic carbocycles. The quantitative estimate of drug-likeness (QED) is 0.617. The molecule has 0 aromatic carbocycles. The maximum absolute atomic E-state index is 12.0. The van der Waals surface area contributed by atoms with Gasteiger partial charge in [-0.3, -0.25) is 9.20 Å². The van der Waals surface area contributed by atoms with Gasteiger partial charge in [-0.1, -0.05) is 19.0 Å². The first-order chi connectivity index (χ1) is 10.2. The molecule has 7 heteroatoms. The first-order valence-electron chi connectivity index (χ1n) is 7.52. The molecule has 0 amide bonds. The highest BCUT2D eigenvalue weighted by atomic mass is 32.2. The van der Waals surface area contributed by atoms with Gasteiger partial charge in [-0.25, -0.2) is 0 Å². The van der Waals surface area contributed by atoms with Crippen molar-refractivity contribution in [2.75, 3.05) is 19.3 Å². The van der Waals surface area contributed by atoms with Gasteiger partial charge in [0.25, 0.3) is 0 Å². The highest BCUT2D eigenvalue weighted by molar-refractivity contribution is 7.86. The van der Waals surface area contributed by atoms with Crippen molar-refractivity contribution in [3.8, 4) is 0 Å². The van der Waals surface area contributed by atoms with E-state index in [9.17, 15) is 4.21 Å². The second-order valence-corrected chi connectivity index (χ2v) is 8.71. The van der Waals surface area contributed by atoms with Crippen molar-refractivity contribution < 1.29 is 8.73 Å². The molecule has 1 heterocycles. The molecule has 1 aromatic heterocycles. The highest BCUT2D eigenvalue weighted by Crippen LogP contribution is 2.13. The molecule has 126 valence electrons. The van der Waals surface area contributed by atoms with Crippen molar-refractivity contribution in [2.24, 2.45) is 4.99 Å². The van der Waals surface area contributed by atoms with Gasteiger partial charge in [0.05, 0.1) is 12.2 Å². The van der Waals surface area contributed by atoms with Crippen LogP contribution in [0, 0.1) is 0 Å². The summed E-state index contributed by atoms with van der Waals surface area (Å²) < 4.78 is 17.0. The average molecular weight is 328 g/mol. The van der Waals surface area contributed by atoms with Crippen LogP contribution in [0.15, 0.2) is 15.6 Å². The Bertz CT molecular complexity index is 518. The van der Waals surface area contributed by atoms with Crippen LogP contribution < -0.4 is 10.6 Å². The van der Waals surface area contributed by atoms with Crippen LogP contribution in [-0.4, -0.2) is 39.4 Å². The van der Waals surface area contributed by atoms with Crippen molar-refractivity contribution in [1.29, 1.82) is 0 Å². The molecule has 0 radical (unpaired) electrons. The third-order valence-electron chi connectivity index (χ3n) is 3.09. The van der Waals surface area contributed by atoms with E-state index in [4.69, 9.17) is 4.52 Å². The molecule has 2 N–H and O–H groups in total. The largest absolute Gasteiger partial charge is 0.359 e. The summed E-state index contributed by atoms with van der Waals surface area (Å²) in [4.78, 5) is 4.14. The topological polar surface area (TPSA) is 79.5 Å². The fraction of sp³-hybridized carbons (Fsp3) is 0.733. The number of rotatable bonds is 6. The number of nitrogens with zero attached hydrogens (tertiary/aromatic N) is 2. The molecule has 0 aliphatic heterocycles. The summed E-state index contributed by atoms with van der Waals surface area (Å²) in [6.07, 6.45) is 0. The Morgan fingerprint density at radius 3 is 2.59 bits per heavy atom. The number of guanidine groups is 1. The predicted molar refractivity (Wildman–Crippen MR) is 91.6 cm³/mol. The average Bonchev–Trinajstić information content (AvgIpc) is 2.90. The molecule has 0 saturated heterocycles. The molecule has 22 heavy (non-hydrogen) atoms. The lowest BCUT2D eigenvalue weighted by molar-refractivity contribution is 0.372. The maximum atomic E-state index is 12.0. The van der Waals surface area contributed by atoms with E-state index < -0.39 is 10.8 Å². The molecule has 0 saturated carbocycles. The highest BCUT2D eigenvalue weighted by Gasteiger charge is 2.18. The van der Waals surface area contributed by atoms with E-state index in [1.165, 1.54) is 0 Å². The number of aliphatic imine (C=N–C) groups is 1. The normalized spacial score (nSPS) is 14.2. The molecule has 1 aromatic rings. The van der Waals surface area contributed by atoms with E-state index in [0.717, 1.165) is 11.5 Å². The van der Waals surface area contributed by atoms with Crippen molar-refractivity contribution in [3.05, 3.63) is 17.5 Å². The van der Waals surface area contributed by atoms with E-state index >= 15 is 0 Å². The summed E-state index contributed by atoms with van der Waals surface area (Å²) in [5.74, 6) is 2.37. The maximum Gasteiger partial charge on any atom is 0.191 e. The van der Waals surface area contributed by atoms with E-state index in [0.29, 0.717) is 30.7 Å². The SMILES string of the molecule is CN=C(NCCS(=O)C(C)(C)C)NCc1cc(C(C)C)no1. The van der Waals surface area contributed by atoms with Gasteiger partial charge in [-0.05, 0) is 26.7 Å². The van der Waals surface area contributed by atoms with Crippen LogP contribution in [0.25, 0.3) is 0 Å². The van der Waals surface area contributed by atoms with Crippen molar-refractivity contribution in [1.82, 2.24) is 15.8 Å². The summed E-state index contributed by atoms with van der Waals surface area (Å²) in [5.41, 5.74) is 0.945. The minimum Gasteiger partial charge on any atom is -0.359 e. The molecular formula is C15H28N4O2S. The van der Waals surface area contributed by atoms with Crippen molar-refractivity contribution in [3.63, 3.8) is 0 Å². The first-order valence-corrected chi connectivity index (χ1v) is 8.84. The van der Waals surface area contributed by atoms with Crippen LogP contribution in [0.1, 0.15) is 52.0 Å². The van der Waals surface area contributed by atoms with Gasteiger partial charge in [-0.2, -0.15) is 0 Å². The first kappa shape index (κ1) is 18.7. The van der Waals surface area contributed by atoms with Crippen LogP contribution in [0.3, 0.4) is 0 Å². The van der Waals surface area contributed by atoms with Gasteiger partial charge in [-0.15, -0.1) is 0 Å². The van der Waals surface area contributed by atoms with Gasteiger partial charge >= 0.3 is 0 Å². The summed E-state index contributed by atoms with van der Waals surface area (Å²) >= 11 is 0. The molecule has 0 spiro atoms. The Hall–Kier alpha value is -1.37. The zero-order valence-electron chi connectivity index (χ0n) is 14.4. The second-order valence-electron chi connectivity index (χ2n) is 6.39. The van der Waals surface area contributed by atoms with E-state index in [1.54, 1.807) is 7.05 Å². The van der Waals surface area contributed by atoms with Gasteiger partial charge < -0.3 is 15.2 Å². The lowest BCUT2D eigenvalue weighted by atomic mass is 10.1. The molecule has 0 fully saturated rings. The Balaban J connectivity index is 2.38. The van der Waals surface area contributed by atoms with Crippen LogP contribution in [0.4, 0.5) is 0 Å². The van der Waals surface area contributed by atoms with Crippen LogP contribution in [-0.2, 0) is 17.3 Å². The molecule has 1 rings (SSSR count). The minimum absolute atomic E-state index is 0.189. The third kappa shape index (κ3) is 6.17. The molecular weight excluding hydrogens is 300 g/mol. The molecule has 6 nitrogen and oxygen atoms in total. The molecule has 0 aliphatic rings. The Labute approximate surface area is 135 Å². The summed E-state index contributed by atoms with van der Waals surface area (Å²) in [7, 11) is 0.833. The van der Waals surface area contributed by atoms with Gasteiger partial charge in [0.2, 0.25) is 0 Å². The molecule has 1 atom stereocenters. The second kappa shape index (κ2) is 8.31. The van der Waals surface area contributed by atoms with Crippen molar-refractivity contribution >= 4 is 16.8 Å². The van der Waals surface area contributed by atoms with Crippen LogP contribution in [0.2, 0.25) is 0 Å². The predicted octanol–water partition coefficient (Wildman–Crippen LogP) is 2.01. The fourth-order valence-corrected chi connectivity index (χ4v) is 2.54. The lowest BCUT2D eigenvalue weighted by Crippen LogP contribution is -2.40. The minimum atomic E-state index is -0.871. The zero-order chi connectivity index (χ0) is 16.8. The summed E-state index contributed by atoms with van der Waals surface area (Å²) in [5, 5.41) is 10.3.